The van der Waals surface area contributed by atoms with E-state index in [-0.39, 0.29) is 0 Å². The third kappa shape index (κ3) is 2.50. The van der Waals surface area contributed by atoms with Gasteiger partial charge in [-0.05, 0) is 25.0 Å². The highest BCUT2D eigenvalue weighted by Crippen LogP contribution is 2.39. The molecule has 3 heterocycles. The van der Waals surface area contributed by atoms with Gasteiger partial charge in [0.25, 0.3) is 0 Å². The Labute approximate surface area is 139 Å². The van der Waals surface area contributed by atoms with E-state index in [2.05, 4.69) is 33.1 Å². The second kappa shape index (κ2) is 5.28. The average molecular weight is 325 g/mol. The first-order valence-corrected chi connectivity index (χ1v) is 8.70. The van der Waals surface area contributed by atoms with Crippen LogP contribution in [0, 0.1) is 6.92 Å². The van der Waals surface area contributed by atoms with Crippen LogP contribution < -0.4 is 4.90 Å². The highest BCUT2D eigenvalue weighted by atomic mass is 32.1. The number of hydrogen-bond acceptors (Lipinski definition) is 5. The number of aryl methyl sites for hydroxylation is 1. The van der Waals surface area contributed by atoms with Gasteiger partial charge in [0.1, 0.15) is 16.5 Å². The second-order valence-electron chi connectivity index (χ2n) is 6.22. The van der Waals surface area contributed by atoms with E-state index in [1.54, 1.807) is 11.3 Å². The van der Waals surface area contributed by atoms with Crippen molar-refractivity contribution in [2.24, 2.45) is 0 Å². The van der Waals surface area contributed by atoms with Crippen LogP contribution in [0.4, 0.5) is 5.82 Å². The number of nitrogens with zero attached hydrogens (tertiary/aromatic N) is 3. The minimum Gasteiger partial charge on any atom is -0.386 e. The fourth-order valence-corrected chi connectivity index (χ4v) is 4.11. The Bertz CT molecular complexity index is 853. The summed E-state index contributed by atoms with van der Waals surface area (Å²) in [7, 11) is 0. The maximum Gasteiger partial charge on any atom is 0.141 e. The molecule has 1 N–H and O–H groups in total. The third-order valence-electron chi connectivity index (χ3n) is 4.47. The SMILES string of the molecule is CCC1(O)CN(c2nc(C)nc3sc(-c4ccccc4)cc23)C1. The van der Waals surface area contributed by atoms with Gasteiger partial charge in [-0.15, -0.1) is 11.3 Å². The van der Waals surface area contributed by atoms with Crippen LogP contribution in [0.2, 0.25) is 0 Å². The van der Waals surface area contributed by atoms with Crippen LogP contribution in [0.25, 0.3) is 20.7 Å². The van der Waals surface area contributed by atoms with Gasteiger partial charge in [-0.25, -0.2) is 9.97 Å². The number of aromatic nitrogens is 2. The van der Waals surface area contributed by atoms with Gasteiger partial charge >= 0.3 is 0 Å². The van der Waals surface area contributed by atoms with E-state index >= 15 is 0 Å². The predicted molar refractivity (Wildman–Crippen MR) is 95.0 cm³/mol. The molecule has 23 heavy (non-hydrogen) atoms. The van der Waals surface area contributed by atoms with Crippen LogP contribution in [-0.4, -0.2) is 33.8 Å². The van der Waals surface area contributed by atoms with Crippen molar-refractivity contribution in [3.63, 3.8) is 0 Å². The zero-order chi connectivity index (χ0) is 16.0. The minimum atomic E-state index is -0.566. The molecular formula is C18H19N3OS. The maximum absolute atomic E-state index is 10.3. The van der Waals surface area contributed by atoms with E-state index in [4.69, 9.17) is 0 Å². The molecule has 1 fully saturated rings. The number of fused-ring (bicyclic) bond motifs is 1. The van der Waals surface area contributed by atoms with Crippen LogP contribution in [-0.2, 0) is 0 Å². The monoisotopic (exact) mass is 325 g/mol. The highest BCUT2D eigenvalue weighted by molar-refractivity contribution is 7.21. The number of β-amino-alcohol motifs (C(OH)–C–C–N with tert-alkyl or cyclic N) is 1. The van der Waals surface area contributed by atoms with Crippen LogP contribution in [0.3, 0.4) is 0 Å². The summed E-state index contributed by atoms with van der Waals surface area (Å²) in [5, 5.41) is 11.4. The predicted octanol–water partition coefficient (Wildman–Crippen LogP) is 3.63. The molecule has 118 valence electrons. The summed E-state index contributed by atoms with van der Waals surface area (Å²) in [5.41, 5.74) is 0.636. The van der Waals surface area contributed by atoms with Crippen molar-refractivity contribution in [3.8, 4) is 10.4 Å². The van der Waals surface area contributed by atoms with Gasteiger partial charge < -0.3 is 10.0 Å². The molecule has 5 heteroatoms. The topological polar surface area (TPSA) is 49.2 Å². The van der Waals surface area contributed by atoms with E-state index in [9.17, 15) is 5.11 Å². The van der Waals surface area contributed by atoms with Gasteiger partial charge in [-0.3, -0.25) is 0 Å². The first kappa shape index (κ1) is 14.6. The van der Waals surface area contributed by atoms with Crippen LogP contribution in [0.5, 0.6) is 0 Å². The fraction of sp³-hybridized carbons (Fsp3) is 0.333. The summed E-state index contributed by atoms with van der Waals surface area (Å²) in [6, 6.07) is 12.5. The summed E-state index contributed by atoms with van der Waals surface area (Å²) >= 11 is 1.70. The quantitative estimate of drug-likeness (QED) is 0.799. The van der Waals surface area contributed by atoms with Gasteiger partial charge in [0, 0.05) is 18.0 Å². The molecular weight excluding hydrogens is 306 g/mol. The number of anilines is 1. The molecule has 1 aliphatic heterocycles. The van der Waals surface area contributed by atoms with Crippen LogP contribution in [0.1, 0.15) is 19.2 Å². The number of hydrogen-bond donors (Lipinski definition) is 1. The Hall–Kier alpha value is -1.98. The summed E-state index contributed by atoms with van der Waals surface area (Å²) in [6.45, 7) is 5.24. The number of aliphatic hydroxyl groups is 1. The molecule has 4 rings (SSSR count). The van der Waals surface area contributed by atoms with Gasteiger partial charge in [0.2, 0.25) is 0 Å². The van der Waals surface area contributed by atoms with Crippen molar-refractivity contribution in [1.82, 2.24) is 9.97 Å². The van der Waals surface area contributed by atoms with Crippen molar-refractivity contribution in [1.29, 1.82) is 0 Å². The van der Waals surface area contributed by atoms with Gasteiger partial charge in [-0.2, -0.15) is 0 Å². The van der Waals surface area contributed by atoms with E-state index in [0.717, 1.165) is 28.3 Å². The summed E-state index contributed by atoms with van der Waals surface area (Å²) in [4.78, 5) is 13.6. The number of thiophene rings is 1. The third-order valence-corrected chi connectivity index (χ3v) is 5.55. The first-order valence-electron chi connectivity index (χ1n) is 7.89. The molecule has 0 atom stereocenters. The molecule has 0 bridgehead atoms. The maximum atomic E-state index is 10.3. The molecule has 4 nitrogen and oxygen atoms in total. The molecule has 0 spiro atoms. The Morgan fingerprint density at radius 2 is 1.96 bits per heavy atom. The van der Waals surface area contributed by atoms with Crippen molar-refractivity contribution in [2.75, 3.05) is 18.0 Å². The molecule has 3 aromatic rings. The van der Waals surface area contributed by atoms with Crippen LogP contribution >= 0.6 is 11.3 Å². The van der Waals surface area contributed by atoms with E-state index < -0.39 is 5.60 Å². The average Bonchev–Trinajstić information content (AvgIpc) is 2.96. The lowest BCUT2D eigenvalue weighted by Crippen LogP contribution is -2.62. The smallest absolute Gasteiger partial charge is 0.141 e. The molecule has 0 unspecified atom stereocenters. The number of benzene rings is 1. The van der Waals surface area contributed by atoms with Crippen molar-refractivity contribution in [3.05, 3.63) is 42.2 Å². The largest absolute Gasteiger partial charge is 0.386 e. The van der Waals surface area contributed by atoms with Gasteiger partial charge in [-0.1, -0.05) is 37.3 Å². The van der Waals surface area contributed by atoms with E-state index in [1.807, 2.05) is 32.0 Å². The molecule has 2 aromatic heterocycles. The van der Waals surface area contributed by atoms with Gasteiger partial charge in [0.15, 0.2) is 0 Å². The minimum absolute atomic E-state index is 0.566. The fourth-order valence-electron chi connectivity index (χ4n) is 3.03. The van der Waals surface area contributed by atoms with E-state index in [0.29, 0.717) is 13.1 Å². The first-order chi connectivity index (χ1) is 11.1. The lowest BCUT2D eigenvalue weighted by atomic mass is 9.91. The van der Waals surface area contributed by atoms with Crippen molar-refractivity contribution >= 4 is 27.4 Å². The Kier molecular flexibility index (Phi) is 3.36. The standard InChI is InChI=1S/C18H19N3OS/c1-3-18(22)10-21(11-18)16-14-9-15(13-7-5-4-6-8-13)23-17(14)20-12(2)19-16/h4-9,22H,3,10-11H2,1-2H3. The molecule has 1 aromatic carbocycles. The molecule has 1 aliphatic rings. The Morgan fingerprint density at radius 1 is 1.22 bits per heavy atom. The number of rotatable bonds is 3. The summed E-state index contributed by atoms with van der Waals surface area (Å²) in [5.74, 6) is 1.73. The van der Waals surface area contributed by atoms with E-state index in [1.165, 1.54) is 10.4 Å². The molecule has 0 aliphatic carbocycles. The Balaban J connectivity index is 1.78. The zero-order valence-electron chi connectivity index (χ0n) is 13.3. The molecule has 1 saturated heterocycles. The molecule has 0 saturated carbocycles. The van der Waals surface area contributed by atoms with Crippen molar-refractivity contribution in [2.45, 2.75) is 25.9 Å². The molecule has 0 amide bonds. The van der Waals surface area contributed by atoms with Crippen molar-refractivity contribution < 1.29 is 5.11 Å². The summed E-state index contributed by atoms with van der Waals surface area (Å²) < 4.78 is 0. The summed E-state index contributed by atoms with van der Waals surface area (Å²) in [6.07, 6.45) is 0.773. The highest BCUT2D eigenvalue weighted by Gasteiger charge is 2.41. The van der Waals surface area contributed by atoms with Gasteiger partial charge in [0.05, 0.1) is 11.0 Å². The normalized spacial score (nSPS) is 16.6. The zero-order valence-corrected chi connectivity index (χ0v) is 14.1. The lowest BCUT2D eigenvalue weighted by Gasteiger charge is -2.47. The van der Waals surface area contributed by atoms with Crippen LogP contribution in [0.15, 0.2) is 36.4 Å². The second-order valence-corrected chi connectivity index (χ2v) is 7.25. The Morgan fingerprint density at radius 3 is 2.65 bits per heavy atom. The molecule has 0 radical (unpaired) electrons. The lowest BCUT2D eigenvalue weighted by molar-refractivity contribution is 0.00821.